The van der Waals surface area contributed by atoms with Gasteiger partial charge in [-0.05, 0) is 66.4 Å². The molecule has 158 valence electrons. The van der Waals surface area contributed by atoms with E-state index in [-0.39, 0.29) is 17.0 Å². The highest BCUT2D eigenvalue weighted by molar-refractivity contribution is 7.99. The number of fused-ring (bicyclic) bond motifs is 1. The van der Waals surface area contributed by atoms with Gasteiger partial charge in [0.05, 0.1) is 16.7 Å². The van der Waals surface area contributed by atoms with Crippen molar-refractivity contribution in [3.63, 3.8) is 0 Å². The van der Waals surface area contributed by atoms with Gasteiger partial charge in [0.2, 0.25) is 0 Å². The fourth-order valence-electron chi connectivity index (χ4n) is 3.16. The maximum Gasteiger partial charge on any atom is 0.335 e. The van der Waals surface area contributed by atoms with Gasteiger partial charge in [0.15, 0.2) is 10.2 Å². The lowest BCUT2D eigenvalue weighted by Crippen LogP contribution is -2.54. The largest absolute Gasteiger partial charge is 0.450 e. The Labute approximate surface area is 190 Å². The van der Waals surface area contributed by atoms with Gasteiger partial charge in [-0.15, -0.1) is 0 Å². The number of carbonyl (C=O) groups excluding carboxylic acids is 3. The Hall–Kier alpha value is -3.82. The van der Waals surface area contributed by atoms with Gasteiger partial charge in [-0.1, -0.05) is 23.7 Å². The third kappa shape index (κ3) is 3.79. The predicted octanol–water partition coefficient (Wildman–Crippen LogP) is 4.63. The number of aromatic amines is 1. The summed E-state index contributed by atoms with van der Waals surface area (Å²) in [5.74, 6) is -1.27. The van der Waals surface area contributed by atoms with E-state index in [9.17, 15) is 14.4 Å². The third-order valence-corrected chi connectivity index (χ3v) is 5.70. The number of urea groups is 1. The molecule has 4 aromatic rings. The van der Waals surface area contributed by atoms with Gasteiger partial charge >= 0.3 is 6.03 Å². The van der Waals surface area contributed by atoms with E-state index in [2.05, 4.69) is 15.3 Å². The summed E-state index contributed by atoms with van der Waals surface area (Å²) in [6.45, 7) is 0. The first-order valence-corrected chi connectivity index (χ1v) is 10.6. The summed E-state index contributed by atoms with van der Waals surface area (Å²) in [6.07, 6.45) is 1.30. The number of nitrogens with one attached hydrogen (secondary N) is 2. The van der Waals surface area contributed by atoms with Gasteiger partial charge in [0.1, 0.15) is 11.3 Å². The molecule has 8 nitrogen and oxygen atoms in total. The van der Waals surface area contributed by atoms with Crippen LogP contribution in [0.5, 0.6) is 0 Å². The SMILES string of the molecule is O=C1NC(=O)N(c2ccc(Cl)cc2)C(=O)/C1=C\c1ccc(Sc2nc3ccccc3[nH]2)o1. The van der Waals surface area contributed by atoms with Crippen LogP contribution in [-0.4, -0.2) is 27.8 Å². The van der Waals surface area contributed by atoms with Gasteiger partial charge in [0, 0.05) is 5.02 Å². The van der Waals surface area contributed by atoms with Crippen LogP contribution in [-0.2, 0) is 9.59 Å². The molecule has 1 aliphatic heterocycles. The number of H-pyrrole nitrogens is 1. The number of carbonyl (C=O) groups is 3. The number of para-hydroxylation sites is 2. The monoisotopic (exact) mass is 464 g/mol. The van der Waals surface area contributed by atoms with Crippen molar-refractivity contribution in [2.75, 3.05) is 4.90 Å². The molecular formula is C22H13ClN4O4S. The second kappa shape index (κ2) is 8.03. The number of barbiturate groups is 1. The van der Waals surface area contributed by atoms with Crippen molar-refractivity contribution >= 4 is 64.0 Å². The third-order valence-electron chi connectivity index (χ3n) is 4.64. The smallest absolute Gasteiger partial charge is 0.335 e. The van der Waals surface area contributed by atoms with Crippen molar-refractivity contribution in [2.45, 2.75) is 10.2 Å². The Kier molecular flexibility index (Phi) is 5.04. The second-order valence-corrected chi connectivity index (χ2v) is 8.18. The highest BCUT2D eigenvalue weighted by Crippen LogP contribution is 2.30. The van der Waals surface area contributed by atoms with Gasteiger partial charge in [0.25, 0.3) is 11.8 Å². The summed E-state index contributed by atoms with van der Waals surface area (Å²) >= 11 is 7.15. The van der Waals surface area contributed by atoms with Crippen LogP contribution in [0.15, 0.2) is 80.9 Å². The molecule has 0 aliphatic carbocycles. The van der Waals surface area contributed by atoms with E-state index in [1.165, 1.54) is 30.0 Å². The summed E-state index contributed by atoms with van der Waals surface area (Å²) in [7, 11) is 0. The molecule has 0 unspecified atom stereocenters. The molecule has 1 aliphatic rings. The molecule has 4 amide bonds. The molecule has 1 saturated heterocycles. The number of nitrogens with zero attached hydrogens (tertiary/aromatic N) is 2. The van der Waals surface area contributed by atoms with Crippen LogP contribution in [0.4, 0.5) is 10.5 Å². The molecular weight excluding hydrogens is 452 g/mol. The topological polar surface area (TPSA) is 108 Å². The summed E-state index contributed by atoms with van der Waals surface area (Å²) in [5.41, 5.74) is 1.80. The van der Waals surface area contributed by atoms with Crippen molar-refractivity contribution in [3.8, 4) is 0 Å². The number of amides is 4. The van der Waals surface area contributed by atoms with E-state index < -0.39 is 17.8 Å². The summed E-state index contributed by atoms with van der Waals surface area (Å²) in [6, 6.07) is 16.3. The van der Waals surface area contributed by atoms with Gasteiger partial charge < -0.3 is 9.40 Å². The van der Waals surface area contributed by atoms with Gasteiger partial charge in [-0.3, -0.25) is 14.9 Å². The molecule has 0 atom stereocenters. The molecule has 0 radical (unpaired) electrons. The lowest BCUT2D eigenvalue weighted by molar-refractivity contribution is -0.122. The van der Waals surface area contributed by atoms with Crippen molar-refractivity contribution in [1.82, 2.24) is 15.3 Å². The number of aromatic nitrogens is 2. The zero-order valence-corrected chi connectivity index (χ0v) is 17.7. The Morgan fingerprint density at radius 3 is 2.56 bits per heavy atom. The van der Waals surface area contributed by atoms with Crippen LogP contribution in [0.1, 0.15) is 5.76 Å². The van der Waals surface area contributed by atoms with E-state index in [1.54, 1.807) is 24.3 Å². The Bertz CT molecular complexity index is 1370. The number of rotatable bonds is 4. The fraction of sp³-hybridized carbons (Fsp3) is 0. The Morgan fingerprint density at radius 1 is 1.00 bits per heavy atom. The van der Waals surface area contributed by atoms with Crippen LogP contribution in [0.2, 0.25) is 5.02 Å². The minimum Gasteiger partial charge on any atom is -0.450 e. The van der Waals surface area contributed by atoms with E-state index in [0.717, 1.165) is 15.9 Å². The second-order valence-electron chi connectivity index (χ2n) is 6.75. The van der Waals surface area contributed by atoms with Crippen LogP contribution in [0, 0.1) is 0 Å². The van der Waals surface area contributed by atoms with Crippen molar-refractivity contribution in [2.24, 2.45) is 0 Å². The number of furan rings is 1. The molecule has 0 saturated carbocycles. The number of imidazole rings is 1. The quantitative estimate of drug-likeness (QED) is 0.337. The maximum absolute atomic E-state index is 12.9. The van der Waals surface area contributed by atoms with Crippen LogP contribution >= 0.6 is 23.4 Å². The first-order valence-electron chi connectivity index (χ1n) is 9.37. The minimum atomic E-state index is -0.833. The molecule has 5 rings (SSSR count). The summed E-state index contributed by atoms with van der Waals surface area (Å²) < 4.78 is 5.74. The number of imide groups is 2. The molecule has 2 aromatic heterocycles. The number of benzene rings is 2. The van der Waals surface area contributed by atoms with Gasteiger partial charge in [-0.2, -0.15) is 0 Å². The summed E-state index contributed by atoms with van der Waals surface area (Å²) in [4.78, 5) is 46.0. The Balaban J connectivity index is 1.40. The number of halogens is 1. The molecule has 2 aromatic carbocycles. The molecule has 32 heavy (non-hydrogen) atoms. The van der Waals surface area contributed by atoms with Crippen LogP contribution in [0.3, 0.4) is 0 Å². The number of hydrogen-bond acceptors (Lipinski definition) is 6. The van der Waals surface area contributed by atoms with E-state index in [0.29, 0.717) is 15.3 Å². The first-order chi connectivity index (χ1) is 15.5. The van der Waals surface area contributed by atoms with Crippen LogP contribution < -0.4 is 10.2 Å². The Morgan fingerprint density at radius 2 is 1.78 bits per heavy atom. The van der Waals surface area contributed by atoms with Crippen molar-refractivity contribution < 1.29 is 18.8 Å². The minimum absolute atomic E-state index is 0.228. The van der Waals surface area contributed by atoms with Crippen LogP contribution in [0.25, 0.3) is 17.1 Å². The molecule has 1 fully saturated rings. The molecule has 0 bridgehead atoms. The zero-order chi connectivity index (χ0) is 22.2. The first kappa shape index (κ1) is 20.1. The normalized spacial score (nSPS) is 15.6. The van der Waals surface area contributed by atoms with E-state index in [4.69, 9.17) is 16.0 Å². The van der Waals surface area contributed by atoms with E-state index in [1.807, 2.05) is 24.3 Å². The number of hydrogen-bond donors (Lipinski definition) is 2. The number of anilines is 1. The average molecular weight is 465 g/mol. The molecule has 3 heterocycles. The molecule has 2 N–H and O–H groups in total. The lowest BCUT2D eigenvalue weighted by Gasteiger charge is -2.26. The standard InChI is InChI=1S/C22H13ClN4O4S/c23-12-5-7-13(8-6-12)27-20(29)15(19(28)26-22(27)30)11-14-9-10-18(31-14)32-21-24-16-3-1-2-4-17(16)25-21/h1-11H,(H,24,25)(H,26,28,30)/b15-11-. The van der Waals surface area contributed by atoms with Crippen molar-refractivity contribution in [3.05, 3.63) is 77.0 Å². The average Bonchev–Trinajstić information content (AvgIpc) is 3.38. The van der Waals surface area contributed by atoms with Gasteiger partial charge in [-0.25, -0.2) is 14.7 Å². The highest BCUT2D eigenvalue weighted by atomic mass is 35.5. The predicted molar refractivity (Wildman–Crippen MR) is 119 cm³/mol. The molecule has 10 heteroatoms. The fourth-order valence-corrected chi connectivity index (χ4v) is 4.06. The molecule has 0 spiro atoms. The van der Waals surface area contributed by atoms with Crippen molar-refractivity contribution in [1.29, 1.82) is 0 Å². The zero-order valence-electron chi connectivity index (χ0n) is 16.2. The van der Waals surface area contributed by atoms with E-state index >= 15 is 0 Å². The summed E-state index contributed by atoms with van der Waals surface area (Å²) in [5, 5.41) is 3.79. The maximum atomic E-state index is 12.9. The lowest BCUT2D eigenvalue weighted by atomic mass is 10.1. The highest BCUT2D eigenvalue weighted by Gasteiger charge is 2.37.